The third kappa shape index (κ3) is 3.23. The van der Waals surface area contributed by atoms with Gasteiger partial charge in [0.1, 0.15) is 5.75 Å². The van der Waals surface area contributed by atoms with Gasteiger partial charge in [-0.25, -0.2) is 18.5 Å². The zero-order valence-corrected chi connectivity index (χ0v) is 14.5. The van der Waals surface area contributed by atoms with Crippen LogP contribution in [0.5, 0.6) is 5.75 Å². The molecule has 9 heteroatoms. The Morgan fingerprint density at radius 1 is 1.26 bits per heavy atom. The zero-order valence-electron chi connectivity index (χ0n) is 13.7. The molecule has 1 aromatic rings. The van der Waals surface area contributed by atoms with Gasteiger partial charge in [-0.05, 0) is 46.6 Å². The van der Waals surface area contributed by atoms with E-state index in [1.165, 1.54) is 6.20 Å². The number of aromatic nitrogens is 1. The van der Waals surface area contributed by atoms with Crippen LogP contribution < -0.4 is 15.3 Å². The Morgan fingerprint density at radius 3 is 2.30 bits per heavy atom. The van der Waals surface area contributed by atoms with Crippen molar-refractivity contribution < 1.29 is 22.5 Å². The minimum atomic E-state index is -4.00. The number of nitrogens with two attached hydrogens (primary N) is 1. The van der Waals surface area contributed by atoms with Crippen molar-refractivity contribution in [2.24, 2.45) is 5.14 Å². The smallest absolute Gasteiger partial charge is 0.489 e. The Morgan fingerprint density at radius 2 is 1.83 bits per heavy atom. The van der Waals surface area contributed by atoms with Crippen LogP contribution in [0.15, 0.2) is 17.3 Å². The Hall–Kier alpha value is -1.16. The van der Waals surface area contributed by atoms with E-state index in [9.17, 15) is 8.42 Å². The normalized spacial score (nSPS) is 23.1. The van der Waals surface area contributed by atoms with Gasteiger partial charge >= 0.3 is 7.12 Å². The van der Waals surface area contributed by atoms with Gasteiger partial charge in [-0.1, -0.05) is 0 Å². The number of ether oxygens (including phenoxy) is 1. The third-order valence-electron chi connectivity index (χ3n) is 4.46. The monoisotopic (exact) mass is 340 g/mol. The van der Waals surface area contributed by atoms with Crippen molar-refractivity contribution in [3.63, 3.8) is 0 Å². The summed E-state index contributed by atoms with van der Waals surface area (Å²) in [4.78, 5) is 3.97. The highest BCUT2D eigenvalue weighted by Gasteiger charge is 2.53. The number of pyridine rings is 1. The van der Waals surface area contributed by atoms with Crippen molar-refractivity contribution in [3.8, 4) is 5.75 Å². The van der Waals surface area contributed by atoms with Crippen LogP contribution in [0.25, 0.3) is 0 Å². The van der Waals surface area contributed by atoms with Crippen molar-refractivity contribution in [1.29, 1.82) is 0 Å². The zero-order chi connectivity index (χ0) is 17.0. The molecule has 126 valence electrons. The lowest BCUT2D eigenvalue weighted by Crippen LogP contribution is -2.41. The molecule has 1 aromatic heterocycles. The molecule has 0 aromatic carbocycles. The van der Waals surface area contributed by atoms with Crippen LogP contribution in [0, 0.1) is 0 Å². The quantitative estimate of drug-likeness (QED) is 0.804. The van der Waals surface area contributed by atoms with Crippen LogP contribution in [0.2, 0.25) is 0 Å². The van der Waals surface area contributed by atoms with E-state index in [2.05, 4.69) is 4.98 Å². The lowest BCUT2D eigenvalue weighted by Gasteiger charge is -2.32. The summed E-state index contributed by atoms with van der Waals surface area (Å²) in [7, 11) is -4.87. The Kier molecular flexibility index (Phi) is 3.75. The molecule has 1 saturated carbocycles. The minimum absolute atomic E-state index is 0.170. The molecular formula is C14H21BN2O5S. The fourth-order valence-corrected chi connectivity index (χ4v) is 2.95. The molecule has 7 nitrogen and oxygen atoms in total. The summed E-state index contributed by atoms with van der Waals surface area (Å²) in [6, 6.07) is 1.59. The predicted molar refractivity (Wildman–Crippen MR) is 85.0 cm³/mol. The summed E-state index contributed by atoms with van der Waals surface area (Å²) in [6.45, 7) is 7.56. The van der Waals surface area contributed by atoms with Gasteiger partial charge in [-0.15, -0.1) is 0 Å². The van der Waals surface area contributed by atoms with E-state index < -0.39 is 28.3 Å². The van der Waals surface area contributed by atoms with Crippen LogP contribution in [0.4, 0.5) is 0 Å². The Labute approximate surface area is 136 Å². The summed E-state index contributed by atoms with van der Waals surface area (Å²) < 4.78 is 41.2. The fourth-order valence-electron chi connectivity index (χ4n) is 2.27. The number of primary sulfonamides is 1. The molecule has 1 saturated heterocycles. The average molecular weight is 340 g/mol. The van der Waals surface area contributed by atoms with Gasteiger partial charge in [0.15, 0.2) is 5.03 Å². The van der Waals surface area contributed by atoms with Crippen molar-refractivity contribution in [2.75, 3.05) is 0 Å². The molecular weight excluding hydrogens is 319 g/mol. The highest BCUT2D eigenvalue weighted by Crippen LogP contribution is 2.37. The van der Waals surface area contributed by atoms with E-state index >= 15 is 0 Å². The van der Waals surface area contributed by atoms with Gasteiger partial charge in [0.05, 0.1) is 23.5 Å². The van der Waals surface area contributed by atoms with Crippen LogP contribution in [0.3, 0.4) is 0 Å². The molecule has 0 unspecified atom stereocenters. The molecule has 0 radical (unpaired) electrons. The molecule has 3 rings (SSSR count). The Bertz CT molecular complexity index is 715. The molecule has 0 amide bonds. The SMILES string of the molecule is CC1(C)OB(c2cc(OC3CC3)cnc2S(N)(=O)=O)OC1(C)C. The molecule has 23 heavy (non-hydrogen) atoms. The number of hydrogen-bond donors (Lipinski definition) is 1. The largest absolute Gasteiger partial charge is 0.498 e. The standard InChI is InChI=1S/C14H21BN2O5S/c1-13(2)14(3,4)22-15(21-13)11-7-10(20-9-5-6-9)8-17-12(11)23(16,18)19/h7-9H,5-6H2,1-4H3,(H2,16,18,19). The van der Waals surface area contributed by atoms with Crippen molar-refractivity contribution in [2.45, 2.75) is 62.9 Å². The van der Waals surface area contributed by atoms with Crippen LogP contribution >= 0.6 is 0 Å². The molecule has 0 spiro atoms. The second-order valence-electron chi connectivity index (χ2n) is 7.02. The summed E-state index contributed by atoms with van der Waals surface area (Å²) in [5, 5.41) is 5.03. The first-order valence-electron chi connectivity index (χ1n) is 7.55. The maximum Gasteiger partial charge on any atom is 0.498 e. The molecule has 1 aliphatic carbocycles. The summed E-state index contributed by atoms with van der Waals surface area (Å²) in [5.41, 5.74) is -0.925. The number of nitrogens with zero attached hydrogens (tertiary/aromatic N) is 1. The first kappa shape index (κ1) is 16.7. The minimum Gasteiger partial charge on any atom is -0.489 e. The van der Waals surface area contributed by atoms with Crippen LogP contribution in [-0.4, -0.2) is 37.8 Å². The first-order chi connectivity index (χ1) is 10.5. The lowest BCUT2D eigenvalue weighted by molar-refractivity contribution is 0.00578. The van der Waals surface area contributed by atoms with Crippen molar-refractivity contribution in [1.82, 2.24) is 4.98 Å². The van der Waals surface area contributed by atoms with E-state index in [0.29, 0.717) is 5.75 Å². The van der Waals surface area contributed by atoms with Gasteiger partial charge < -0.3 is 14.0 Å². The van der Waals surface area contributed by atoms with Gasteiger partial charge in [0.25, 0.3) is 10.0 Å². The molecule has 2 fully saturated rings. The number of sulfonamides is 1. The topological polar surface area (TPSA) is 101 Å². The summed E-state index contributed by atoms with van der Waals surface area (Å²) >= 11 is 0. The van der Waals surface area contributed by atoms with Crippen molar-refractivity contribution in [3.05, 3.63) is 12.3 Å². The number of rotatable bonds is 4. The maximum atomic E-state index is 11.8. The van der Waals surface area contributed by atoms with Crippen LogP contribution in [-0.2, 0) is 19.3 Å². The average Bonchev–Trinajstić information content (AvgIpc) is 3.16. The second-order valence-corrected chi connectivity index (χ2v) is 8.49. The van der Waals surface area contributed by atoms with E-state index in [4.69, 9.17) is 19.2 Å². The molecule has 2 heterocycles. The molecule has 2 aliphatic rings. The second kappa shape index (κ2) is 5.17. The van der Waals surface area contributed by atoms with E-state index in [0.717, 1.165) is 12.8 Å². The molecule has 1 aliphatic heterocycles. The Balaban J connectivity index is 2.01. The van der Waals surface area contributed by atoms with E-state index in [1.807, 2.05) is 27.7 Å². The van der Waals surface area contributed by atoms with E-state index in [-0.39, 0.29) is 16.6 Å². The number of hydrogen-bond acceptors (Lipinski definition) is 6. The fraction of sp³-hybridized carbons (Fsp3) is 0.643. The summed E-state index contributed by atoms with van der Waals surface area (Å²) in [6.07, 6.45) is 3.52. The maximum absolute atomic E-state index is 11.8. The van der Waals surface area contributed by atoms with Gasteiger partial charge in [-0.3, -0.25) is 0 Å². The van der Waals surface area contributed by atoms with Gasteiger partial charge in [0, 0.05) is 5.46 Å². The first-order valence-corrected chi connectivity index (χ1v) is 9.09. The van der Waals surface area contributed by atoms with Gasteiger partial charge in [0.2, 0.25) is 0 Å². The van der Waals surface area contributed by atoms with Crippen molar-refractivity contribution >= 4 is 22.6 Å². The molecule has 0 bridgehead atoms. The molecule has 2 N–H and O–H groups in total. The summed E-state index contributed by atoms with van der Waals surface area (Å²) in [5.74, 6) is 0.490. The molecule has 0 atom stereocenters. The predicted octanol–water partition coefficient (Wildman–Crippen LogP) is 0.569. The third-order valence-corrected chi connectivity index (χ3v) is 5.34. The highest BCUT2D eigenvalue weighted by molar-refractivity contribution is 7.89. The highest BCUT2D eigenvalue weighted by atomic mass is 32.2. The van der Waals surface area contributed by atoms with E-state index in [1.54, 1.807) is 6.07 Å². The van der Waals surface area contributed by atoms with Crippen LogP contribution in [0.1, 0.15) is 40.5 Å². The van der Waals surface area contributed by atoms with Gasteiger partial charge in [-0.2, -0.15) is 0 Å². The lowest BCUT2D eigenvalue weighted by atomic mass is 9.80.